The molecule has 0 atom stereocenters. The molecule has 1 aromatic carbocycles. The van der Waals surface area contributed by atoms with Crippen LogP contribution in [0.15, 0.2) is 24.3 Å². The molecule has 0 bridgehead atoms. The van der Waals surface area contributed by atoms with E-state index in [4.69, 9.17) is 4.74 Å². The van der Waals surface area contributed by atoms with Gasteiger partial charge >= 0.3 is 0 Å². The molecule has 1 saturated carbocycles. The predicted octanol–water partition coefficient (Wildman–Crippen LogP) is 3.75. The Balaban J connectivity index is 1.43. The van der Waals surface area contributed by atoms with Crippen LogP contribution in [0.3, 0.4) is 0 Å². The van der Waals surface area contributed by atoms with Gasteiger partial charge in [-0.25, -0.2) is 0 Å². The molecular formula is C21H32N2O2. The number of likely N-dealkylation sites (tertiary alicyclic amines) is 1. The van der Waals surface area contributed by atoms with Crippen molar-refractivity contribution in [2.75, 3.05) is 20.2 Å². The molecule has 1 aliphatic heterocycles. The normalized spacial score (nSPS) is 20.8. The number of methoxy groups -OCH3 is 1. The maximum atomic E-state index is 12.6. The fourth-order valence-corrected chi connectivity index (χ4v) is 4.13. The smallest absolute Gasteiger partial charge is 0.223 e. The number of nitrogens with zero attached hydrogens (tertiary/aromatic N) is 1. The number of nitrogens with one attached hydrogen (secondary N) is 1. The van der Waals surface area contributed by atoms with Crippen molar-refractivity contribution >= 4 is 5.91 Å². The predicted molar refractivity (Wildman–Crippen MR) is 101 cm³/mol. The summed E-state index contributed by atoms with van der Waals surface area (Å²) in [5.41, 5.74) is 1.28. The third-order valence-electron chi connectivity index (χ3n) is 5.70. The van der Waals surface area contributed by atoms with Crippen LogP contribution in [0.5, 0.6) is 5.75 Å². The molecule has 0 spiro atoms. The summed E-state index contributed by atoms with van der Waals surface area (Å²) >= 11 is 0. The van der Waals surface area contributed by atoms with E-state index in [0.29, 0.717) is 11.9 Å². The molecule has 2 fully saturated rings. The van der Waals surface area contributed by atoms with Crippen molar-refractivity contribution in [3.8, 4) is 5.75 Å². The van der Waals surface area contributed by atoms with Crippen molar-refractivity contribution in [1.29, 1.82) is 0 Å². The van der Waals surface area contributed by atoms with Crippen LogP contribution in [0.25, 0.3) is 0 Å². The average Bonchev–Trinajstić information content (AvgIpc) is 2.91. The van der Waals surface area contributed by atoms with E-state index in [2.05, 4.69) is 22.3 Å². The van der Waals surface area contributed by atoms with E-state index in [-0.39, 0.29) is 5.92 Å². The Bertz CT molecular complexity index is 545. The summed E-state index contributed by atoms with van der Waals surface area (Å²) in [5.74, 6) is 1.41. The average molecular weight is 344 g/mol. The van der Waals surface area contributed by atoms with Crippen LogP contribution in [-0.2, 0) is 11.3 Å². The highest BCUT2D eigenvalue weighted by atomic mass is 16.5. The van der Waals surface area contributed by atoms with Crippen LogP contribution < -0.4 is 10.1 Å². The van der Waals surface area contributed by atoms with E-state index >= 15 is 0 Å². The van der Waals surface area contributed by atoms with Gasteiger partial charge in [0.05, 0.1) is 7.11 Å². The molecule has 4 nitrogen and oxygen atoms in total. The SMILES string of the molecule is COc1cccc(CN2CCC(C(=O)NC3CCCCCC3)CC2)c1. The van der Waals surface area contributed by atoms with Gasteiger partial charge in [0, 0.05) is 18.5 Å². The Hall–Kier alpha value is -1.55. The van der Waals surface area contributed by atoms with Crippen molar-refractivity contribution in [1.82, 2.24) is 10.2 Å². The van der Waals surface area contributed by atoms with Crippen molar-refractivity contribution < 1.29 is 9.53 Å². The molecule has 1 saturated heterocycles. The second-order valence-electron chi connectivity index (χ2n) is 7.60. The summed E-state index contributed by atoms with van der Waals surface area (Å²) < 4.78 is 5.30. The van der Waals surface area contributed by atoms with Crippen molar-refractivity contribution in [3.63, 3.8) is 0 Å². The van der Waals surface area contributed by atoms with E-state index in [1.54, 1.807) is 7.11 Å². The molecule has 25 heavy (non-hydrogen) atoms. The molecule has 2 aliphatic rings. The minimum absolute atomic E-state index is 0.199. The van der Waals surface area contributed by atoms with Gasteiger partial charge in [-0.2, -0.15) is 0 Å². The highest BCUT2D eigenvalue weighted by Crippen LogP contribution is 2.22. The molecule has 1 amide bonds. The van der Waals surface area contributed by atoms with Crippen molar-refractivity contribution in [3.05, 3.63) is 29.8 Å². The first-order valence-corrected chi connectivity index (χ1v) is 9.90. The Morgan fingerprint density at radius 1 is 1.12 bits per heavy atom. The Kier molecular flexibility index (Phi) is 6.74. The lowest BCUT2D eigenvalue weighted by molar-refractivity contribution is -0.127. The number of piperidine rings is 1. The molecule has 0 radical (unpaired) electrons. The first kappa shape index (κ1) is 18.2. The van der Waals surface area contributed by atoms with Gasteiger partial charge < -0.3 is 10.1 Å². The molecule has 1 aliphatic carbocycles. The standard InChI is InChI=1S/C21H32N2O2/c1-25-20-10-6-7-17(15-20)16-23-13-11-18(12-14-23)21(24)22-19-8-4-2-3-5-9-19/h6-7,10,15,18-19H,2-5,8-9,11-14,16H2,1H3,(H,22,24). The van der Waals surface area contributed by atoms with Crippen LogP contribution in [0.4, 0.5) is 0 Å². The lowest BCUT2D eigenvalue weighted by atomic mass is 9.94. The van der Waals surface area contributed by atoms with Gasteiger partial charge in [-0.05, 0) is 56.5 Å². The summed E-state index contributed by atoms with van der Waals surface area (Å²) in [6.45, 7) is 2.94. The number of hydrogen-bond donors (Lipinski definition) is 1. The second-order valence-corrected chi connectivity index (χ2v) is 7.60. The monoisotopic (exact) mass is 344 g/mol. The number of rotatable bonds is 5. The molecule has 3 rings (SSSR count). The minimum Gasteiger partial charge on any atom is -0.497 e. The third kappa shape index (κ3) is 5.46. The van der Waals surface area contributed by atoms with Crippen molar-refractivity contribution in [2.45, 2.75) is 64.0 Å². The van der Waals surface area contributed by atoms with Crippen LogP contribution in [0, 0.1) is 5.92 Å². The van der Waals surface area contributed by atoms with Crippen molar-refractivity contribution in [2.24, 2.45) is 5.92 Å². The van der Waals surface area contributed by atoms with Gasteiger partial charge in [-0.3, -0.25) is 9.69 Å². The van der Waals surface area contributed by atoms with Gasteiger partial charge in [-0.1, -0.05) is 37.8 Å². The van der Waals surface area contributed by atoms with E-state index in [1.807, 2.05) is 12.1 Å². The zero-order valence-electron chi connectivity index (χ0n) is 15.5. The molecule has 138 valence electrons. The maximum Gasteiger partial charge on any atom is 0.223 e. The number of benzene rings is 1. The zero-order valence-corrected chi connectivity index (χ0v) is 15.5. The Morgan fingerprint density at radius 3 is 2.52 bits per heavy atom. The van der Waals surface area contributed by atoms with E-state index in [9.17, 15) is 4.79 Å². The fraction of sp³-hybridized carbons (Fsp3) is 0.667. The molecule has 0 aromatic heterocycles. The molecule has 1 heterocycles. The fourth-order valence-electron chi connectivity index (χ4n) is 4.13. The molecule has 0 unspecified atom stereocenters. The van der Waals surface area contributed by atoms with Gasteiger partial charge in [0.25, 0.3) is 0 Å². The molecule has 1 N–H and O–H groups in total. The first-order valence-electron chi connectivity index (χ1n) is 9.90. The van der Waals surface area contributed by atoms with Gasteiger partial charge in [-0.15, -0.1) is 0 Å². The highest BCUT2D eigenvalue weighted by Gasteiger charge is 2.26. The summed E-state index contributed by atoms with van der Waals surface area (Å²) in [5, 5.41) is 3.33. The van der Waals surface area contributed by atoms with Gasteiger partial charge in [0.2, 0.25) is 5.91 Å². The number of ether oxygens (including phenoxy) is 1. The van der Waals surface area contributed by atoms with Crippen LogP contribution in [0.1, 0.15) is 56.9 Å². The number of carbonyl (C=O) groups is 1. The zero-order chi connectivity index (χ0) is 17.5. The lowest BCUT2D eigenvalue weighted by Gasteiger charge is -2.32. The summed E-state index contributed by atoms with van der Waals surface area (Å²) in [7, 11) is 1.71. The highest BCUT2D eigenvalue weighted by molar-refractivity contribution is 5.79. The minimum atomic E-state index is 0.199. The third-order valence-corrected chi connectivity index (χ3v) is 5.70. The largest absolute Gasteiger partial charge is 0.497 e. The van der Waals surface area contributed by atoms with Gasteiger partial charge in [0.15, 0.2) is 0 Å². The van der Waals surface area contributed by atoms with E-state index in [0.717, 1.165) is 38.2 Å². The van der Waals surface area contributed by atoms with Gasteiger partial charge in [0.1, 0.15) is 5.75 Å². The number of carbonyl (C=O) groups excluding carboxylic acids is 1. The van der Waals surface area contributed by atoms with Crippen LogP contribution in [-0.4, -0.2) is 37.0 Å². The van der Waals surface area contributed by atoms with Crippen LogP contribution >= 0.6 is 0 Å². The molecular weight excluding hydrogens is 312 g/mol. The summed E-state index contributed by atoms with van der Waals surface area (Å²) in [6, 6.07) is 8.69. The molecule has 4 heteroatoms. The summed E-state index contributed by atoms with van der Waals surface area (Å²) in [6.07, 6.45) is 9.48. The Labute approximate surface area is 151 Å². The first-order chi connectivity index (χ1) is 12.2. The molecule has 1 aromatic rings. The quantitative estimate of drug-likeness (QED) is 0.827. The second kappa shape index (κ2) is 9.23. The number of hydrogen-bond acceptors (Lipinski definition) is 3. The summed E-state index contributed by atoms with van der Waals surface area (Å²) in [4.78, 5) is 15.0. The number of amides is 1. The lowest BCUT2D eigenvalue weighted by Crippen LogP contribution is -2.43. The van der Waals surface area contributed by atoms with Crippen LogP contribution in [0.2, 0.25) is 0 Å². The van der Waals surface area contributed by atoms with E-state index < -0.39 is 0 Å². The van der Waals surface area contributed by atoms with E-state index in [1.165, 1.54) is 44.1 Å². The maximum absolute atomic E-state index is 12.6. The topological polar surface area (TPSA) is 41.6 Å². The Morgan fingerprint density at radius 2 is 1.84 bits per heavy atom.